The lowest BCUT2D eigenvalue weighted by molar-refractivity contribution is -0.139. The van der Waals surface area contributed by atoms with E-state index in [1.165, 1.54) is 0 Å². The predicted octanol–water partition coefficient (Wildman–Crippen LogP) is 5.25. The van der Waals surface area contributed by atoms with Gasteiger partial charge in [0.15, 0.2) is 0 Å². The topological polar surface area (TPSA) is 37.3 Å². The molecule has 0 bridgehead atoms. The lowest BCUT2D eigenvalue weighted by atomic mass is 9.99. The highest BCUT2D eigenvalue weighted by Gasteiger charge is 2.36. The second-order valence-corrected chi connectivity index (χ2v) is 6.31. The maximum absolute atomic E-state index is 13.2. The summed E-state index contributed by atoms with van der Waals surface area (Å²) < 4.78 is 39.6. The highest BCUT2D eigenvalue weighted by atomic mass is 32.2. The summed E-state index contributed by atoms with van der Waals surface area (Å²) in [5.41, 5.74) is -0.470. The van der Waals surface area contributed by atoms with Gasteiger partial charge in [0.1, 0.15) is 0 Å². The number of thioether (sulfide) groups is 1. The van der Waals surface area contributed by atoms with Crippen molar-refractivity contribution in [3.8, 4) is 0 Å². The molecule has 0 radical (unpaired) electrons. The minimum Gasteiger partial charge on any atom is -0.478 e. The van der Waals surface area contributed by atoms with Gasteiger partial charge in [-0.05, 0) is 30.5 Å². The number of halogens is 3. The summed E-state index contributed by atoms with van der Waals surface area (Å²) in [6.45, 7) is 5.56. The summed E-state index contributed by atoms with van der Waals surface area (Å²) in [5.74, 6) is -1.18. The molecule has 1 N–H and O–H groups in total. The van der Waals surface area contributed by atoms with E-state index in [4.69, 9.17) is 0 Å². The zero-order valence-electron chi connectivity index (χ0n) is 12.3. The van der Waals surface area contributed by atoms with Crippen LogP contribution in [-0.2, 0) is 12.6 Å². The first-order valence-electron chi connectivity index (χ1n) is 6.85. The fourth-order valence-corrected chi connectivity index (χ4v) is 3.20. The molecule has 118 valence electrons. The van der Waals surface area contributed by atoms with Gasteiger partial charge in [-0.1, -0.05) is 27.2 Å². The van der Waals surface area contributed by atoms with Crippen molar-refractivity contribution in [2.45, 2.75) is 56.4 Å². The molecule has 0 aliphatic rings. The molecule has 0 unspecified atom stereocenters. The van der Waals surface area contributed by atoms with Crippen LogP contribution >= 0.6 is 11.8 Å². The molecule has 0 aliphatic heterocycles. The molecule has 0 saturated carbocycles. The van der Waals surface area contributed by atoms with Gasteiger partial charge in [0.25, 0.3) is 0 Å². The van der Waals surface area contributed by atoms with Crippen molar-refractivity contribution in [2.75, 3.05) is 0 Å². The third-order valence-corrected chi connectivity index (χ3v) is 4.63. The van der Waals surface area contributed by atoms with Crippen LogP contribution in [0.2, 0.25) is 0 Å². The minimum absolute atomic E-state index is 0.00856. The monoisotopic (exact) mass is 320 g/mol. The molecule has 0 amide bonds. The number of hydrogen-bond donors (Lipinski definition) is 1. The summed E-state index contributed by atoms with van der Waals surface area (Å²) >= 11 is 1.11. The summed E-state index contributed by atoms with van der Waals surface area (Å²) in [6, 6.07) is 1.95. The average molecular weight is 320 g/mol. The van der Waals surface area contributed by atoms with Crippen molar-refractivity contribution in [1.82, 2.24) is 0 Å². The third kappa shape index (κ3) is 4.40. The van der Waals surface area contributed by atoms with Gasteiger partial charge in [-0.15, -0.1) is 11.8 Å². The van der Waals surface area contributed by atoms with Gasteiger partial charge < -0.3 is 5.11 Å². The van der Waals surface area contributed by atoms with Crippen LogP contribution in [0.3, 0.4) is 0 Å². The molecule has 21 heavy (non-hydrogen) atoms. The molecule has 2 nitrogen and oxygen atoms in total. The standard InChI is InChI=1S/C15H19F3O2S/c1-4-6-10-11(14(19)20)7-8-12(15(16,17)18)13(10)21-9(3)5-2/h7-9H,4-6H2,1-3H3,(H,19,20)/t9-/m1/s1. The number of carboxylic acids is 1. The lowest BCUT2D eigenvalue weighted by Crippen LogP contribution is -2.13. The number of rotatable bonds is 6. The van der Waals surface area contributed by atoms with Crippen molar-refractivity contribution in [3.05, 3.63) is 28.8 Å². The van der Waals surface area contributed by atoms with Gasteiger partial charge in [0.2, 0.25) is 0 Å². The van der Waals surface area contributed by atoms with Crippen molar-refractivity contribution >= 4 is 17.7 Å². The Bertz CT molecular complexity index is 512. The van der Waals surface area contributed by atoms with Crippen LogP contribution < -0.4 is 0 Å². The van der Waals surface area contributed by atoms with E-state index in [1.54, 1.807) is 0 Å². The smallest absolute Gasteiger partial charge is 0.417 e. The highest BCUT2D eigenvalue weighted by molar-refractivity contribution is 8.00. The zero-order chi connectivity index (χ0) is 16.2. The van der Waals surface area contributed by atoms with Crippen molar-refractivity contribution in [2.24, 2.45) is 0 Å². The molecule has 0 saturated heterocycles. The average Bonchev–Trinajstić information content (AvgIpc) is 2.38. The van der Waals surface area contributed by atoms with Crippen LogP contribution in [0, 0.1) is 0 Å². The molecule has 0 heterocycles. The van der Waals surface area contributed by atoms with Crippen LogP contribution in [0.5, 0.6) is 0 Å². The Morgan fingerprint density at radius 3 is 2.38 bits per heavy atom. The normalized spacial score (nSPS) is 13.2. The zero-order valence-corrected chi connectivity index (χ0v) is 13.1. The maximum Gasteiger partial charge on any atom is 0.417 e. The summed E-state index contributed by atoms with van der Waals surface area (Å²) in [4.78, 5) is 11.3. The van der Waals surface area contributed by atoms with Gasteiger partial charge >= 0.3 is 12.1 Å². The van der Waals surface area contributed by atoms with E-state index in [-0.39, 0.29) is 15.7 Å². The number of aromatic carboxylic acids is 1. The van der Waals surface area contributed by atoms with E-state index in [2.05, 4.69) is 0 Å². The largest absolute Gasteiger partial charge is 0.478 e. The number of alkyl halides is 3. The second kappa shape index (κ2) is 7.20. The van der Waals surface area contributed by atoms with Crippen LogP contribution in [0.4, 0.5) is 13.2 Å². The van der Waals surface area contributed by atoms with Crippen LogP contribution in [0.25, 0.3) is 0 Å². The first kappa shape index (κ1) is 17.9. The van der Waals surface area contributed by atoms with Gasteiger partial charge in [0.05, 0.1) is 11.1 Å². The molecular weight excluding hydrogens is 301 g/mol. The summed E-state index contributed by atoms with van der Waals surface area (Å²) in [6.07, 6.45) is -2.85. The maximum atomic E-state index is 13.2. The van der Waals surface area contributed by atoms with Crippen LogP contribution in [0.1, 0.15) is 55.1 Å². The molecular formula is C15H19F3O2S. The third-order valence-electron chi connectivity index (χ3n) is 3.19. The van der Waals surface area contributed by atoms with E-state index >= 15 is 0 Å². The first-order valence-corrected chi connectivity index (χ1v) is 7.73. The van der Waals surface area contributed by atoms with E-state index in [9.17, 15) is 23.1 Å². The van der Waals surface area contributed by atoms with Gasteiger partial charge in [0, 0.05) is 10.1 Å². The number of benzene rings is 1. The fraction of sp³-hybridized carbons (Fsp3) is 0.533. The number of hydrogen-bond acceptors (Lipinski definition) is 2. The molecule has 1 rings (SSSR count). The molecule has 1 atom stereocenters. The second-order valence-electron chi connectivity index (χ2n) is 4.86. The number of carbonyl (C=O) groups is 1. The molecule has 0 aliphatic carbocycles. The predicted molar refractivity (Wildman–Crippen MR) is 78.0 cm³/mol. The Labute approximate surface area is 126 Å². The van der Waals surface area contributed by atoms with Crippen LogP contribution in [-0.4, -0.2) is 16.3 Å². The molecule has 6 heteroatoms. The first-order chi connectivity index (χ1) is 9.72. The molecule has 0 spiro atoms. The Hall–Kier alpha value is -1.17. The Kier molecular flexibility index (Phi) is 6.13. The van der Waals surface area contributed by atoms with E-state index in [1.807, 2.05) is 20.8 Å². The Balaban J connectivity index is 3.53. The van der Waals surface area contributed by atoms with E-state index in [0.717, 1.165) is 23.9 Å². The van der Waals surface area contributed by atoms with Gasteiger partial charge in [-0.2, -0.15) is 13.2 Å². The highest BCUT2D eigenvalue weighted by Crippen LogP contribution is 2.42. The van der Waals surface area contributed by atoms with Crippen molar-refractivity contribution < 1.29 is 23.1 Å². The van der Waals surface area contributed by atoms with Crippen molar-refractivity contribution in [1.29, 1.82) is 0 Å². The van der Waals surface area contributed by atoms with Gasteiger partial charge in [-0.3, -0.25) is 0 Å². The Morgan fingerprint density at radius 1 is 1.33 bits per heavy atom. The molecule has 1 aromatic carbocycles. The Morgan fingerprint density at radius 2 is 1.95 bits per heavy atom. The quantitative estimate of drug-likeness (QED) is 0.728. The molecule has 0 aromatic heterocycles. The van der Waals surface area contributed by atoms with E-state index in [0.29, 0.717) is 24.8 Å². The minimum atomic E-state index is -4.48. The fourth-order valence-electron chi connectivity index (χ4n) is 1.97. The number of carboxylic acid groups (broad SMARTS) is 1. The summed E-state index contributed by atoms with van der Waals surface area (Å²) in [5, 5.41) is 9.20. The van der Waals surface area contributed by atoms with E-state index < -0.39 is 17.7 Å². The summed E-state index contributed by atoms with van der Waals surface area (Å²) in [7, 11) is 0. The van der Waals surface area contributed by atoms with Crippen molar-refractivity contribution in [3.63, 3.8) is 0 Å². The molecule has 1 aromatic rings. The van der Waals surface area contributed by atoms with Gasteiger partial charge in [-0.25, -0.2) is 4.79 Å². The molecule has 0 fully saturated rings. The lowest BCUT2D eigenvalue weighted by Gasteiger charge is -2.20. The van der Waals surface area contributed by atoms with Crippen LogP contribution in [0.15, 0.2) is 17.0 Å². The SMILES string of the molecule is CCCc1c(C(=O)O)ccc(C(F)(F)F)c1S[C@H](C)CC.